The molecule has 0 amide bonds. The molecule has 0 aliphatic rings. The van der Waals surface area contributed by atoms with Crippen LogP contribution in [0.1, 0.15) is 21.5 Å². The summed E-state index contributed by atoms with van der Waals surface area (Å²) >= 11 is 0. The van der Waals surface area contributed by atoms with Gasteiger partial charge >= 0.3 is 5.97 Å². The van der Waals surface area contributed by atoms with Crippen LogP contribution in [0, 0.1) is 0 Å². The molecule has 3 N–H and O–H groups in total. The zero-order valence-electron chi connectivity index (χ0n) is 15.1. The van der Waals surface area contributed by atoms with Crippen molar-refractivity contribution >= 4 is 11.9 Å². The number of rotatable bonds is 7. The van der Waals surface area contributed by atoms with E-state index in [1.54, 1.807) is 32.4 Å². The van der Waals surface area contributed by atoms with E-state index >= 15 is 0 Å². The fourth-order valence-corrected chi connectivity index (χ4v) is 2.33. The molecule has 138 valence electrons. The molecule has 0 saturated heterocycles. The quantitative estimate of drug-likeness (QED) is 0.448. The van der Waals surface area contributed by atoms with Crippen molar-refractivity contribution in [2.45, 2.75) is 13.1 Å². The fraction of sp³-hybridized carbons (Fsp3) is 0.263. The fourth-order valence-electron chi connectivity index (χ4n) is 2.33. The lowest BCUT2D eigenvalue weighted by Gasteiger charge is -2.10. The maximum absolute atomic E-state index is 11.5. The molecule has 7 nitrogen and oxygen atoms in total. The second-order valence-corrected chi connectivity index (χ2v) is 5.44. The monoisotopic (exact) mass is 357 g/mol. The lowest BCUT2D eigenvalue weighted by atomic mass is 10.1. The van der Waals surface area contributed by atoms with Crippen molar-refractivity contribution in [3.63, 3.8) is 0 Å². The Hall–Kier alpha value is -3.22. The van der Waals surface area contributed by atoms with E-state index in [0.29, 0.717) is 36.1 Å². The number of esters is 1. The van der Waals surface area contributed by atoms with Crippen molar-refractivity contribution in [3.8, 4) is 11.5 Å². The normalized spacial score (nSPS) is 11.0. The van der Waals surface area contributed by atoms with E-state index in [0.717, 1.165) is 11.1 Å². The van der Waals surface area contributed by atoms with Crippen molar-refractivity contribution in [1.29, 1.82) is 0 Å². The van der Waals surface area contributed by atoms with Crippen LogP contribution in [0.25, 0.3) is 0 Å². The predicted octanol–water partition coefficient (Wildman–Crippen LogP) is 2.09. The van der Waals surface area contributed by atoms with Crippen LogP contribution >= 0.6 is 0 Å². The Morgan fingerprint density at radius 1 is 1.04 bits per heavy atom. The Morgan fingerprint density at radius 3 is 2.50 bits per heavy atom. The number of carbonyl (C=O) groups is 1. The van der Waals surface area contributed by atoms with Crippen LogP contribution in [0.3, 0.4) is 0 Å². The van der Waals surface area contributed by atoms with Gasteiger partial charge < -0.3 is 25.3 Å². The lowest BCUT2D eigenvalue weighted by Crippen LogP contribution is -2.31. The Morgan fingerprint density at radius 2 is 1.81 bits per heavy atom. The van der Waals surface area contributed by atoms with Crippen molar-refractivity contribution in [2.75, 3.05) is 21.3 Å². The summed E-state index contributed by atoms with van der Waals surface area (Å²) in [5.74, 6) is 1.25. The summed E-state index contributed by atoms with van der Waals surface area (Å²) in [5.41, 5.74) is 8.24. The van der Waals surface area contributed by atoms with Crippen molar-refractivity contribution in [3.05, 3.63) is 59.2 Å². The maximum atomic E-state index is 11.5. The molecule has 0 aliphatic carbocycles. The first-order valence-corrected chi connectivity index (χ1v) is 7.99. The highest BCUT2D eigenvalue weighted by atomic mass is 16.5. The molecule has 26 heavy (non-hydrogen) atoms. The Labute approximate surface area is 152 Å². The molecule has 2 aromatic rings. The van der Waals surface area contributed by atoms with Gasteiger partial charge in [0, 0.05) is 6.54 Å². The summed E-state index contributed by atoms with van der Waals surface area (Å²) in [4.78, 5) is 15.8. The van der Waals surface area contributed by atoms with Crippen molar-refractivity contribution < 1.29 is 19.0 Å². The molecule has 0 unspecified atom stereocenters. The molecule has 0 aliphatic heterocycles. The third kappa shape index (κ3) is 5.14. The number of nitrogens with two attached hydrogens (primary N) is 1. The topological polar surface area (TPSA) is 95.2 Å². The van der Waals surface area contributed by atoms with Gasteiger partial charge in [-0.25, -0.2) is 9.79 Å². The van der Waals surface area contributed by atoms with Gasteiger partial charge in [0.05, 0.1) is 33.4 Å². The molecule has 0 bridgehead atoms. The van der Waals surface area contributed by atoms with E-state index in [1.165, 1.54) is 7.11 Å². The van der Waals surface area contributed by atoms with E-state index in [2.05, 4.69) is 10.3 Å². The van der Waals surface area contributed by atoms with Crippen LogP contribution in [0.5, 0.6) is 11.5 Å². The van der Waals surface area contributed by atoms with Gasteiger partial charge in [0.1, 0.15) is 0 Å². The summed E-state index contributed by atoms with van der Waals surface area (Å²) in [6, 6.07) is 12.7. The molecule has 2 rings (SSSR count). The first kappa shape index (κ1) is 19.1. The highest BCUT2D eigenvalue weighted by molar-refractivity contribution is 5.89. The number of guanidine groups is 1. The molecular formula is C19H23N3O4. The molecule has 0 heterocycles. The van der Waals surface area contributed by atoms with E-state index < -0.39 is 0 Å². The van der Waals surface area contributed by atoms with E-state index in [4.69, 9.17) is 19.9 Å². The van der Waals surface area contributed by atoms with Crippen LogP contribution in [-0.2, 0) is 17.8 Å². The minimum atomic E-state index is -0.379. The van der Waals surface area contributed by atoms with Gasteiger partial charge in [-0.3, -0.25) is 0 Å². The van der Waals surface area contributed by atoms with Gasteiger partial charge in [-0.15, -0.1) is 0 Å². The van der Waals surface area contributed by atoms with Crippen molar-refractivity contribution in [2.24, 2.45) is 10.7 Å². The standard InChI is InChI=1S/C19H23N3O4/c1-24-16-8-7-14(10-17(16)25-2)12-22-19(20)21-11-13-5-4-6-15(9-13)18(23)26-3/h4-10H,11-12H2,1-3H3,(H3,20,21,22). The van der Waals surface area contributed by atoms with Crippen LogP contribution < -0.4 is 20.5 Å². The van der Waals surface area contributed by atoms with Gasteiger partial charge in [0.2, 0.25) is 0 Å². The van der Waals surface area contributed by atoms with E-state index in [1.807, 2.05) is 24.3 Å². The molecule has 0 atom stereocenters. The zero-order valence-corrected chi connectivity index (χ0v) is 15.1. The zero-order chi connectivity index (χ0) is 18.9. The highest BCUT2D eigenvalue weighted by Gasteiger charge is 2.06. The number of methoxy groups -OCH3 is 3. The van der Waals surface area contributed by atoms with Crippen molar-refractivity contribution in [1.82, 2.24) is 5.32 Å². The van der Waals surface area contributed by atoms with Crippen LogP contribution in [0.15, 0.2) is 47.5 Å². The average molecular weight is 357 g/mol. The lowest BCUT2D eigenvalue weighted by molar-refractivity contribution is 0.0600. The van der Waals surface area contributed by atoms with Crippen LogP contribution in [0.4, 0.5) is 0 Å². The summed E-state index contributed by atoms with van der Waals surface area (Å²) in [6.07, 6.45) is 0. The molecule has 0 saturated carbocycles. The SMILES string of the molecule is COC(=O)c1cccc(CN=C(N)NCc2ccc(OC)c(OC)c2)c1. The molecule has 2 aromatic carbocycles. The second-order valence-electron chi connectivity index (χ2n) is 5.44. The molecule has 0 spiro atoms. The molecule has 0 radical (unpaired) electrons. The minimum absolute atomic E-state index is 0.309. The molecule has 7 heteroatoms. The Kier molecular flexibility index (Phi) is 6.84. The smallest absolute Gasteiger partial charge is 0.337 e. The first-order valence-electron chi connectivity index (χ1n) is 7.99. The van der Waals surface area contributed by atoms with Crippen LogP contribution in [-0.4, -0.2) is 33.3 Å². The largest absolute Gasteiger partial charge is 0.493 e. The van der Waals surface area contributed by atoms with Gasteiger partial charge in [-0.2, -0.15) is 0 Å². The Balaban J connectivity index is 1.95. The van der Waals surface area contributed by atoms with Gasteiger partial charge in [-0.1, -0.05) is 18.2 Å². The van der Waals surface area contributed by atoms with E-state index in [9.17, 15) is 4.79 Å². The van der Waals surface area contributed by atoms with Gasteiger partial charge in [0.15, 0.2) is 17.5 Å². The van der Waals surface area contributed by atoms with Gasteiger partial charge in [-0.05, 0) is 35.4 Å². The van der Waals surface area contributed by atoms with E-state index in [-0.39, 0.29) is 5.97 Å². The van der Waals surface area contributed by atoms with Gasteiger partial charge in [0.25, 0.3) is 0 Å². The highest BCUT2D eigenvalue weighted by Crippen LogP contribution is 2.27. The number of benzene rings is 2. The number of carbonyl (C=O) groups excluding carboxylic acids is 1. The molecule has 0 fully saturated rings. The number of nitrogens with zero attached hydrogens (tertiary/aromatic N) is 1. The summed E-state index contributed by atoms with van der Waals surface area (Å²) in [7, 11) is 4.53. The van der Waals surface area contributed by atoms with Crippen LogP contribution in [0.2, 0.25) is 0 Å². The number of hydrogen-bond donors (Lipinski definition) is 2. The summed E-state index contributed by atoms with van der Waals surface area (Å²) in [6.45, 7) is 0.855. The maximum Gasteiger partial charge on any atom is 0.337 e. The number of nitrogens with one attached hydrogen (secondary N) is 1. The Bertz CT molecular complexity index is 790. The third-order valence-corrected chi connectivity index (χ3v) is 3.70. The number of ether oxygens (including phenoxy) is 3. The third-order valence-electron chi connectivity index (χ3n) is 3.70. The summed E-state index contributed by atoms with van der Waals surface area (Å²) in [5, 5.41) is 3.05. The number of hydrogen-bond acceptors (Lipinski definition) is 5. The first-order chi connectivity index (χ1) is 12.6. The second kappa shape index (κ2) is 9.31. The molecular weight excluding hydrogens is 334 g/mol. The molecule has 0 aromatic heterocycles. The average Bonchev–Trinajstić information content (AvgIpc) is 2.69. The minimum Gasteiger partial charge on any atom is -0.493 e. The predicted molar refractivity (Wildman–Crippen MR) is 99.5 cm³/mol. The number of aliphatic imine (C=N–C) groups is 1. The summed E-state index contributed by atoms with van der Waals surface area (Å²) < 4.78 is 15.2.